The van der Waals surface area contributed by atoms with E-state index >= 15 is 0 Å². The maximum absolute atomic E-state index is 11.3. The third kappa shape index (κ3) is 3.50. The molecule has 4 atom stereocenters. The topological polar surface area (TPSA) is 37.3 Å². The molecule has 0 aromatic rings. The van der Waals surface area contributed by atoms with Gasteiger partial charge in [-0.05, 0) is 42.9 Å². The lowest BCUT2D eigenvalue weighted by Crippen LogP contribution is -2.31. The number of aliphatic carboxylic acids is 1. The van der Waals surface area contributed by atoms with E-state index in [9.17, 15) is 9.90 Å². The van der Waals surface area contributed by atoms with E-state index in [1.54, 1.807) is 0 Å². The highest BCUT2D eigenvalue weighted by Gasteiger charge is 2.34. The molecule has 0 amide bonds. The summed E-state index contributed by atoms with van der Waals surface area (Å²) in [7, 11) is 0. The molecule has 2 nitrogen and oxygen atoms in total. The Labute approximate surface area is 99.4 Å². The zero-order valence-electron chi connectivity index (χ0n) is 11.1. The van der Waals surface area contributed by atoms with Gasteiger partial charge >= 0.3 is 5.97 Å². The van der Waals surface area contributed by atoms with Crippen LogP contribution in [0.2, 0.25) is 0 Å². The second-order valence-electron chi connectivity index (χ2n) is 6.10. The predicted octanol–water partition coefficient (Wildman–Crippen LogP) is 3.81. The quantitative estimate of drug-likeness (QED) is 0.791. The zero-order valence-corrected chi connectivity index (χ0v) is 11.1. The van der Waals surface area contributed by atoms with Crippen molar-refractivity contribution < 1.29 is 9.90 Å². The Hall–Kier alpha value is -0.530. The zero-order chi connectivity index (χ0) is 12.3. The fraction of sp³-hybridized carbons (Fsp3) is 0.929. The van der Waals surface area contributed by atoms with Gasteiger partial charge in [0.1, 0.15) is 0 Å². The summed E-state index contributed by atoms with van der Waals surface area (Å²) in [6, 6.07) is 0. The molecule has 94 valence electrons. The van der Waals surface area contributed by atoms with Crippen molar-refractivity contribution in [1.82, 2.24) is 0 Å². The number of hydrogen-bond acceptors (Lipinski definition) is 1. The number of carboxylic acids is 1. The first-order chi connectivity index (χ1) is 7.41. The second-order valence-corrected chi connectivity index (χ2v) is 6.10. The summed E-state index contributed by atoms with van der Waals surface area (Å²) in [4.78, 5) is 11.3. The van der Waals surface area contributed by atoms with Gasteiger partial charge in [-0.25, -0.2) is 0 Å². The molecular formula is C14H26O2. The molecule has 0 spiro atoms. The van der Waals surface area contributed by atoms with Gasteiger partial charge in [-0.1, -0.05) is 34.1 Å². The molecule has 0 aliphatic heterocycles. The second kappa shape index (κ2) is 5.70. The smallest absolute Gasteiger partial charge is 0.306 e. The Kier molecular flexibility index (Phi) is 4.82. The van der Waals surface area contributed by atoms with Gasteiger partial charge in [-0.15, -0.1) is 0 Å². The summed E-state index contributed by atoms with van der Waals surface area (Å²) in [5, 5.41) is 9.33. The van der Waals surface area contributed by atoms with Crippen LogP contribution in [0.25, 0.3) is 0 Å². The molecule has 16 heavy (non-hydrogen) atoms. The summed E-state index contributed by atoms with van der Waals surface area (Å²) >= 11 is 0. The minimum atomic E-state index is -0.583. The molecule has 1 N–H and O–H groups in total. The van der Waals surface area contributed by atoms with Gasteiger partial charge in [0, 0.05) is 0 Å². The van der Waals surface area contributed by atoms with Gasteiger partial charge in [-0.2, -0.15) is 0 Å². The molecule has 4 unspecified atom stereocenters. The van der Waals surface area contributed by atoms with Gasteiger partial charge in [-0.3, -0.25) is 4.79 Å². The molecule has 0 radical (unpaired) electrons. The fourth-order valence-electron chi connectivity index (χ4n) is 2.96. The lowest BCUT2D eigenvalue weighted by Gasteiger charge is -2.35. The molecule has 0 saturated heterocycles. The summed E-state index contributed by atoms with van der Waals surface area (Å²) in [6.45, 7) is 8.79. The van der Waals surface area contributed by atoms with E-state index in [4.69, 9.17) is 0 Å². The molecule has 1 rings (SSSR count). The normalized spacial score (nSPS) is 32.7. The maximum Gasteiger partial charge on any atom is 0.306 e. The van der Waals surface area contributed by atoms with Crippen molar-refractivity contribution in [1.29, 1.82) is 0 Å². The molecule has 0 aromatic heterocycles. The highest BCUT2D eigenvalue weighted by Crippen LogP contribution is 2.39. The van der Waals surface area contributed by atoms with Crippen LogP contribution >= 0.6 is 0 Å². The third-order valence-corrected chi connectivity index (χ3v) is 4.25. The number of rotatable bonds is 4. The Morgan fingerprint density at radius 3 is 2.31 bits per heavy atom. The van der Waals surface area contributed by atoms with Crippen LogP contribution in [0.3, 0.4) is 0 Å². The van der Waals surface area contributed by atoms with Gasteiger partial charge in [0.05, 0.1) is 5.92 Å². The third-order valence-electron chi connectivity index (χ3n) is 4.25. The van der Waals surface area contributed by atoms with Crippen molar-refractivity contribution in [2.24, 2.45) is 29.6 Å². The largest absolute Gasteiger partial charge is 0.481 e. The monoisotopic (exact) mass is 226 g/mol. The molecule has 1 aliphatic rings. The number of carboxylic acid groups (broad SMARTS) is 1. The molecule has 0 aromatic carbocycles. The van der Waals surface area contributed by atoms with E-state index < -0.39 is 5.97 Å². The summed E-state index contributed by atoms with van der Waals surface area (Å²) in [5.41, 5.74) is 0. The molecule has 1 saturated carbocycles. The van der Waals surface area contributed by atoms with Crippen LogP contribution in [0, 0.1) is 29.6 Å². The Balaban J connectivity index is 2.61. The molecule has 0 bridgehead atoms. The molecule has 1 aliphatic carbocycles. The summed E-state index contributed by atoms with van der Waals surface area (Å²) in [5.74, 6) is 1.65. The van der Waals surface area contributed by atoms with Crippen LogP contribution in [-0.4, -0.2) is 11.1 Å². The molecule has 2 heteroatoms. The van der Waals surface area contributed by atoms with Gasteiger partial charge in [0.25, 0.3) is 0 Å². The van der Waals surface area contributed by atoms with Crippen LogP contribution in [-0.2, 0) is 4.79 Å². The van der Waals surface area contributed by atoms with Crippen molar-refractivity contribution in [3.63, 3.8) is 0 Å². The van der Waals surface area contributed by atoms with E-state index in [0.717, 1.165) is 25.2 Å². The highest BCUT2D eigenvalue weighted by molar-refractivity contribution is 5.70. The van der Waals surface area contributed by atoms with Crippen LogP contribution in [0.4, 0.5) is 0 Å². The molecular weight excluding hydrogens is 200 g/mol. The van der Waals surface area contributed by atoms with E-state index in [1.807, 2.05) is 0 Å². The van der Waals surface area contributed by atoms with Gasteiger partial charge < -0.3 is 5.11 Å². The average Bonchev–Trinajstić information content (AvgIpc) is 2.18. The number of hydrogen-bond donors (Lipinski definition) is 1. The lowest BCUT2D eigenvalue weighted by molar-refractivity contribution is -0.145. The Morgan fingerprint density at radius 1 is 1.25 bits per heavy atom. The van der Waals surface area contributed by atoms with Crippen molar-refractivity contribution in [2.75, 3.05) is 0 Å². The first-order valence-electron chi connectivity index (χ1n) is 6.64. The van der Waals surface area contributed by atoms with Gasteiger partial charge in [0.15, 0.2) is 0 Å². The van der Waals surface area contributed by atoms with Crippen LogP contribution in [0.1, 0.15) is 53.4 Å². The fourth-order valence-corrected chi connectivity index (χ4v) is 2.96. The van der Waals surface area contributed by atoms with Crippen molar-refractivity contribution in [2.45, 2.75) is 53.4 Å². The van der Waals surface area contributed by atoms with E-state index in [1.165, 1.54) is 6.42 Å². The maximum atomic E-state index is 11.3. The van der Waals surface area contributed by atoms with Crippen LogP contribution in [0.15, 0.2) is 0 Å². The minimum Gasteiger partial charge on any atom is -0.481 e. The van der Waals surface area contributed by atoms with E-state index in [0.29, 0.717) is 17.8 Å². The lowest BCUT2D eigenvalue weighted by atomic mass is 9.69. The molecule has 1 fully saturated rings. The van der Waals surface area contributed by atoms with Gasteiger partial charge in [0.2, 0.25) is 0 Å². The van der Waals surface area contributed by atoms with Crippen molar-refractivity contribution in [3.05, 3.63) is 0 Å². The highest BCUT2D eigenvalue weighted by atomic mass is 16.4. The SMILES string of the molecule is CC(C)CC(C(=O)O)C1CCC(C)C(C)C1. The first kappa shape index (κ1) is 13.5. The predicted molar refractivity (Wildman–Crippen MR) is 66.2 cm³/mol. The van der Waals surface area contributed by atoms with Crippen LogP contribution in [0.5, 0.6) is 0 Å². The summed E-state index contributed by atoms with van der Waals surface area (Å²) in [6.07, 6.45) is 4.24. The Bertz CT molecular complexity index is 235. The minimum absolute atomic E-state index is 0.116. The Morgan fingerprint density at radius 2 is 1.88 bits per heavy atom. The summed E-state index contributed by atoms with van der Waals surface area (Å²) < 4.78 is 0. The van der Waals surface area contributed by atoms with Crippen LogP contribution < -0.4 is 0 Å². The molecule has 0 heterocycles. The van der Waals surface area contributed by atoms with E-state index in [2.05, 4.69) is 27.7 Å². The van der Waals surface area contributed by atoms with Crippen molar-refractivity contribution in [3.8, 4) is 0 Å². The van der Waals surface area contributed by atoms with Crippen molar-refractivity contribution >= 4 is 5.97 Å². The average molecular weight is 226 g/mol. The number of carbonyl (C=O) groups is 1. The van der Waals surface area contributed by atoms with E-state index in [-0.39, 0.29) is 5.92 Å². The first-order valence-corrected chi connectivity index (χ1v) is 6.64. The standard InChI is InChI=1S/C14H26O2/c1-9(2)7-13(14(15)16)12-6-5-10(3)11(4)8-12/h9-13H,5-8H2,1-4H3,(H,15,16).